The number of carbonyl (C=O) groups is 1. The molecule has 2 heterocycles. The maximum absolute atomic E-state index is 11.6. The number of imidazole rings is 1. The van der Waals surface area contributed by atoms with Crippen molar-refractivity contribution < 1.29 is 9.90 Å². The molecule has 0 bridgehead atoms. The third-order valence-electron chi connectivity index (χ3n) is 4.03. The van der Waals surface area contributed by atoms with Gasteiger partial charge in [-0.3, -0.25) is 0 Å². The Labute approximate surface area is 161 Å². The van der Waals surface area contributed by atoms with Crippen LogP contribution in [0.25, 0.3) is 6.08 Å². The minimum atomic E-state index is -0.919. The molecule has 1 aromatic carbocycles. The molecule has 0 saturated carbocycles. The first kappa shape index (κ1) is 18.4. The minimum Gasteiger partial charge on any atom is -0.478 e. The zero-order valence-electron chi connectivity index (χ0n) is 14.4. The summed E-state index contributed by atoms with van der Waals surface area (Å²) in [6, 6.07) is 11.6. The summed E-state index contributed by atoms with van der Waals surface area (Å²) in [6.07, 6.45) is 4.70. The first-order valence-electron chi connectivity index (χ1n) is 8.32. The fourth-order valence-electron chi connectivity index (χ4n) is 2.74. The topological polar surface area (TPSA) is 55.1 Å². The molecule has 0 fully saturated rings. The molecule has 3 rings (SSSR count). The quantitative estimate of drug-likeness (QED) is 0.586. The Hall–Kier alpha value is -2.37. The zero-order chi connectivity index (χ0) is 18.5. The van der Waals surface area contributed by atoms with Gasteiger partial charge in [-0.1, -0.05) is 42.8 Å². The SMILES string of the molecule is CCc1nc(C=C(Cc2cccs2)C(=O)O)cn1Cc1ccccc1Cl. The molecule has 0 aliphatic rings. The molecular weight excluding hydrogens is 368 g/mol. The standard InChI is InChI=1S/C20H19ClN2O2S/c1-2-19-22-16(10-15(20(24)25)11-17-7-5-9-26-17)13-23(19)12-14-6-3-4-8-18(14)21/h3-10,13H,2,11-12H2,1H3,(H,24,25). The summed E-state index contributed by atoms with van der Waals surface area (Å²) >= 11 is 7.81. The molecule has 1 N–H and O–H groups in total. The highest BCUT2D eigenvalue weighted by Gasteiger charge is 2.13. The highest BCUT2D eigenvalue weighted by atomic mass is 35.5. The van der Waals surface area contributed by atoms with Crippen molar-refractivity contribution >= 4 is 35.0 Å². The van der Waals surface area contributed by atoms with E-state index in [0.717, 1.165) is 22.7 Å². The summed E-state index contributed by atoms with van der Waals surface area (Å²) in [6.45, 7) is 2.64. The number of hydrogen-bond acceptors (Lipinski definition) is 3. The maximum Gasteiger partial charge on any atom is 0.332 e. The van der Waals surface area contributed by atoms with Crippen LogP contribution in [0.1, 0.15) is 28.9 Å². The number of carboxylic acid groups (broad SMARTS) is 1. The summed E-state index contributed by atoms with van der Waals surface area (Å²) in [5.41, 5.74) is 1.99. The number of carboxylic acids is 1. The lowest BCUT2D eigenvalue weighted by molar-refractivity contribution is -0.132. The van der Waals surface area contributed by atoms with Crippen LogP contribution in [0.4, 0.5) is 0 Å². The minimum absolute atomic E-state index is 0.331. The van der Waals surface area contributed by atoms with Crippen LogP contribution in [0, 0.1) is 0 Å². The number of thiophene rings is 1. The van der Waals surface area contributed by atoms with Crippen LogP contribution >= 0.6 is 22.9 Å². The van der Waals surface area contributed by atoms with Crippen LogP contribution in [0.15, 0.2) is 53.5 Å². The first-order chi connectivity index (χ1) is 12.6. The van der Waals surface area contributed by atoms with Gasteiger partial charge in [0.15, 0.2) is 0 Å². The Morgan fingerprint density at radius 1 is 1.31 bits per heavy atom. The van der Waals surface area contributed by atoms with E-state index in [-0.39, 0.29) is 0 Å². The monoisotopic (exact) mass is 386 g/mol. The van der Waals surface area contributed by atoms with Gasteiger partial charge in [0.2, 0.25) is 0 Å². The second-order valence-electron chi connectivity index (χ2n) is 5.89. The number of halogens is 1. The summed E-state index contributed by atoms with van der Waals surface area (Å²) in [5.74, 6) is -0.0193. The molecule has 134 valence electrons. The van der Waals surface area contributed by atoms with E-state index in [1.807, 2.05) is 59.5 Å². The van der Waals surface area contributed by atoms with Crippen molar-refractivity contribution in [2.45, 2.75) is 26.3 Å². The Kier molecular flexibility index (Phi) is 5.91. The number of benzene rings is 1. The van der Waals surface area contributed by atoms with Crippen LogP contribution in [0.5, 0.6) is 0 Å². The number of nitrogens with zero attached hydrogens (tertiary/aromatic N) is 2. The molecule has 3 aromatic rings. The average Bonchev–Trinajstić information content (AvgIpc) is 3.26. The van der Waals surface area contributed by atoms with Crippen molar-refractivity contribution in [3.05, 3.63) is 80.5 Å². The van der Waals surface area contributed by atoms with Gasteiger partial charge in [0.25, 0.3) is 0 Å². The highest BCUT2D eigenvalue weighted by Crippen LogP contribution is 2.20. The van der Waals surface area contributed by atoms with Gasteiger partial charge in [0, 0.05) is 34.5 Å². The fraction of sp³-hybridized carbons (Fsp3) is 0.200. The summed E-state index contributed by atoms with van der Waals surface area (Å²) < 4.78 is 2.03. The van der Waals surface area contributed by atoms with Gasteiger partial charge in [-0.2, -0.15) is 0 Å². The van der Waals surface area contributed by atoms with Crippen LogP contribution in [0.3, 0.4) is 0 Å². The zero-order valence-corrected chi connectivity index (χ0v) is 15.9. The van der Waals surface area contributed by atoms with Gasteiger partial charge in [-0.25, -0.2) is 9.78 Å². The van der Waals surface area contributed by atoms with E-state index < -0.39 is 5.97 Å². The molecule has 2 aromatic heterocycles. The van der Waals surface area contributed by atoms with E-state index in [4.69, 9.17) is 11.6 Å². The third-order valence-corrected chi connectivity index (χ3v) is 5.28. The molecule has 0 unspecified atom stereocenters. The van der Waals surface area contributed by atoms with E-state index in [1.165, 1.54) is 0 Å². The molecule has 4 nitrogen and oxygen atoms in total. The van der Waals surface area contributed by atoms with Crippen LogP contribution in [-0.4, -0.2) is 20.6 Å². The van der Waals surface area contributed by atoms with Crippen LogP contribution < -0.4 is 0 Å². The lowest BCUT2D eigenvalue weighted by Gasteiger charge is -2.07. The van der Waals surface area contributed by atoms with E-state index in [2.05, 4.69) is 4.98 Å². The summed E-state index contributed by atoms with van der Waals surface area (Å²) in [5, 5.41) is 12.2. The molecule has 0 aliphatic heterocycles. The Morgan fingerprint density at radius 3 is 2.77 bits per heavy atom. The van der Waals surface area contributed by atoms with Crippen LogP contribution in [0.2, 0.25) is 5.02 Å². The summed E-state index contributed by atoms with van der Waals surface area (Å²) in [4.78, 5) is 17.2. The van der Waals surface area contributed by atoms with Gasteiger partial charge in [0.05, 0.1) is 12.2 Å². The van der Waals surface area contributed by atoms with E-state index in [1.54, 1.807) is 17.4 Å². The number of aromatic nitrogens is 2. The predicted octanol–water partition coefficient (Wildman–Crippen LogP) is 4.92. The largest absolute Gasteiger partial charge is 0.478 e. The fourth-order valence-corrected chi connectivity index (χ4v) is 3.67. The van der Waals surface area contributed by atoms with Crippen molar-refractivity contribution in [1.82, 2.24) is 9.55 Å². The van der Waals surface area contributed by atoms with Gasteiger partial charge < -0.3 is 9.67 Å². The number of rotatable bonds is 7. The predicted molar refractivity (Wildman–Crippen MR) is 106 cm³/mol. The van der Waals surface area contributed by atoms with Crippen LogP contribution in [-0.2, 0) is 24.2 Å². The molecule has 26 heavy (non-hydrogen) atoms. The normalized spacial score (nSPS) is 11.7. The highest BCUT2D eigenvalue weighted by molar-refractivity contribution is 7.09. The molecule has 0 aliphatic carbocycles. The summed E-state index contributed by atoms with van der Waals surface area (Å²) in [7, 11) is 0. The second kappa shape index (κ2) is 8.34. The third kappa shape index (κ3) is 4.42. The maximum atomic E-state index is 11.6. The van der Waals surface area contributed by atoms with Gasteiger partial charge in [-0.15, -0.1) is 11.3 Å². The van der Waals surface area contributed by atoms with Crippen molar-refractivity contribution in [1.29, 1.82) is 0 Å². The first-order valence-corrected chi connectivity index (χ1v) is 9.58. The lowest BCUT2D eigenvalue weighted by Crippen LogP contribution is -2.03. The van der Waals surface area contributed by atoms with E-state index in [0.29, 0.717) is 29.3 Å². The lowest BCUT2D eigenvalue weighted by atomic mass is 10.1. The second-order valence-corrected chi connectivity index (χ2v) is 7.33. The average molecular weight is 387 g/mol. The van der Waals surface area contributed by atoms with Crippen molar-refractivity contribution in [3.8, 4) is 0 Å². The molecule has 0 amide bonds. The molecule has 0 saturated heterocycles. The van der Waals surface area contributed by atoms with Gasteiger partial charge in [-0.05, 0) is 29.2 Å². The Balaban J connectivity index is 1.89. The van der Waals surface area contributed by atoms with Gasteiger partial charge in [0.1, 0.15) is 5.82 Å². The van der Waals surface area contributed by atoms with Crippen molar-refractivity contribution in [3.63, 3.8) is 0 Å². The molecule has 0 radical (unpaired) electrons. The van der Waals surface area contributed by atoms with Gasteiger partial charge >= 0.3 is 5.97 Å². The van der Waals surface area contributed by atoms with E-state index in [9.17, 15) is 9.90 Å². The van der Waals surface area contributed by atoms with Crippen molar-refractivity contribution in [2.24, 2.45) is 0 Å². The molecule has 0 atom stereocenters. The molecule has 0 spiro atoms. The Bertz CT molecular complexity index is 929. The van der Waals surface area contributed by atoms with E-state index >= 15 is 0 Å². The number of aliphatic carboxylic acids is 1. The number of hydrogen-bond donors (Lipinski definition) is 1. The molecular formula is C20H19ClN2O2S. The Morgan fingerprint density at radius 2 is 2.12 bits per heavy atom. The van der Waals surface area contributed by atoms with Crippen molar-refractivity contribution in [2.75, 3.05) is 0 Å². The molecule has 6 heteroatoms. The smallest absolute Gasteiger partial charge is 0.332 e. The number of aryl methyl sites for hydroxylation is 1.